The second-order valence-corrected chi connectivity index (χ2v) is 4.14. The Bertz CT molecular complexity index is 357. The van der Waals surface area contributed by atoms with E-state index in [4.69, 9.17) is 10.5 Å². The highest BCUT2D eigenvalue weighted by Crippen LogP contribution is 2.03. The number of aliphatic hydroxyl groups excluding tert-OH is 1. The summed E-state index contributed by atoms with van der Waals surface area (Å²) in [6.45, 7) is 0.0374. The van der Waals surface area contributed by atoms with E-state index in [1.54, 1.807) is 0 Å². The van der Waals surface area contributed by atoms with E-state index in [1.165, 1.54) is 7.11 Å². The summed E-state index contributed by atoms with van der Waals surface area (Å²) >= 11 is 0. The highest BCUT2D eigenvalue weighted by atomic mass is 16.5. The molecule has 5 heteroatoms. The highest BCUT2D eigenvalue weighted by Gasteiger charge is 2.17. The van der Waals surface area contributed by atoms with E-state index in [1.807, 2.05) is 30.3 Å². The molecule has 0 aliphatic heterocycles. The lowest BCUT2D eigenvalue weighted by molar-refractivity contribution is -0.124. The third-order valence-corrected chi connectivity index (χ3v) is 2.57. The topological polar surface area (TPSA) is 84.6 Å². The van der Waals surface area contributed by atoms with E-state index in [-0.39, 0.29) is 25.2 Å². The van der Waals surface area contributed by atoms with Gasteiger partial charge in [0.05, 0.1) is 19.3 Å². The Kier molecular flexibility index (Phi) is 6.35. The predicted octanol–water partition coefficient (Wildman–Crippen LogP) is -0.320. The first-order valence-corrected chi connectivity index (χ1v) is 5.87. The monoisotopic (exact) mass is 252 g/mol. The molecule has 0 radical (unpaired) electrons. The Hall–Kier alpha value is -1.43. The number of benzene rings is 1. The molecule has 0 aliphatic carbocycles. The first-order chi connectivity index (χ1) is 8.67. The van der Waals surface area contributed by atoms with Gasteiger partial charge in [-0.2, -0.15) is 0 Å². The number of rotatable bonds is 7. The van der Waals surface area contributed by atoms with E-state index < -0.39 is 6.04 Å². The normalized spacial score (nSPS) is 13.9. The molecule has 0 bridgehead atoms. The van der Waals surface area contributed by atoms with Crippen LogP contribution in [-0.2, 0) is 16.0 Å². The molecule has 1 rings (SSSR count). The third-order valence-electron chi connectivity index (χ3n) is 2.57. The highest BCUT2D eigenvalue weighted by molar-refractivity contribution is 5.81. The number of hydrogen-bond donors (Lipinski definition) is 3. The molecule has 0 heterocycles. The summed E-state index contributed by atoms with van der Waals surface area (Å²) in [4.78, 5) is 11.7. The van der Waals surface area contributed by atoms with E-state index in [0.717, 1.165) is 5.56 Å². The zero-order valence-electron chi connectivity index (χ0n) is 10.5. The number of nitrogens with one attached hydrogen (secondary N) is 1. The minimum absolute atomic E-state index is 0.125. The molecule has 1 unspecified atom stereocenters. The number of hydrogen-bond acceptors (Lipinski definition) is 4. The molecular formula is C13H20N2O3. The van der Waals surface area contributed by atoms with Gasteiger partial charge in [0, 0.05) is 7.11 Å². The van der Waals surface area contributed by atoms with Crippen LogP contribution in [0.15, 0.2) is 30.3 Å². The molecule has 5 nitrogen and oxygen atoms in total. The van der Waals surface area contributed by atoms with Crippen LogP contribution in [-0.4, -0.2) is 43.4 Å². The van der Waals surface area contributed by atoms with Crippen molar-refractivity contribution in [1.29, 1.82) is 0 Å². The summed E-state index contributed by atoms with van der Waals surface area (Å²) in [6.07, 6.45) is 0.572. The summed E-state index contributed by atoms with van der Waals surface area (Å²) < 4.78 is 4.81. The quantitative estimate of drug-likeness (QED) is 0.621. The van der Waals surface area contributed by atoms with Crippen LogP contribution in [0.2, 0.25) is 0 Å². The fraction of sp³-hybridized carbons (Fsp3) is 0.462. The Morgan fingerprint density at radius 2 is 2.11 bits per heavy atom. The lowest BCUT2D eigenvalue weighted by atomic mass is 10.1. The average Bonchev–Trinajstić information content (AvgIpc) is 2.39. The first-order valence-electron chi connectivity index (χ1n) is 5.87. The molecule has 1 amide bonds. The van der Waals surface area contributed by atoms with Gasteiger partial charge in [-0.05, 0) is 12.0 Å². The maximum atomic E-state index is 11.7. The summed E-state index contributed by atoms with van der Waals surface area (Å²) in [5.41, 5.74) is 6.66. The van der Waals surface area contributed by atoms with Crippen LogP contribution in [0.5, 0.6) is 0 Å². The van der Waals surface area contributed by atoms with Crippen LogP contribution in [0.25, 0.3) is 0 Å². The van der Waals surface area contributed by atoms with Gasteiger partial charge in [-0.3, -0.25) is 4.79 Å². The fourth-order valence-corrected chi connectivity index (χ4v) is 1.62. The van der Waals surface area contributed by atoms with Gasteiger partial charge in [-0.15, -0.1) is 0 Å². The van der Waals surface area contributed by atoms with Crippen LogP contribution in [0.3, 0.4) is 0 Å². The summed E-state index contributed by atoms with van der Waals surface area (Å²) in [5, 5.41) is 12.0. The van der Waals surface area contributed by atoms with Crippen molar-refractivity contribution >= 4 is 5.91 Å². The van der Waals surface area contributed by atoms with Crippen LogP contribution in [0.1, 0.15) is 5.56 Å². The third kappa shape index (κ3) is 4.83. The van der Waals surface area contributed by atoms with Crippen molar-refractivity contribution in [3.05, 3.63) is 35.9 Å². The second-order valence-electron chi connectivity index (χ2n) is 4.14. The van der Waals surface area contributed by atoms with E-state index in [2.05, 4.69) is 5.32 Å². The van der Waals surface area contributed by atoms with Crippen molar-refractivity contribution in [3.63, 3.8) is 0 Å². The van der Waals surface area contributed by atoms with Gasteiger partial charge in [0.25, 0.3) is 0 Å². The number of carbonyl (C=O) groups excluding carboxylic acids is 1. The van der Waals surface area contributed by atoms with E-state index in [0.29, 0.717) is 6.42 Å². The molecule has 0 aliphatic rings. The fourth-order valence-electron chi connectivity index (χ4n) is 1.62. The van der Waals surface area contributed by atoms with Crippen molar-refractivity contribution < 1.29 is 14.6 Å². The molecule has 4 N–H and O–H groups in total. The molecule has 0 aromatic heterocycles. The first kappa shape index (κ1) is 14.6. The number of aliphatic hydroxyl groups is 1. The maximum absolute atomic E-state index is 11.7. The number of nitrogens with two attached hydrogens (primary N) is 1. The Labute approximate surface area is 107 Å². The standard InChI is InChI=1S/C13H20N2O3/c1-18-9-12(14)13(17)15-11(8-16)7-10-5-3-2-4-6-10/h2-6,11-12,16H,7-9,14H2,1H3,(H,15,17)/t11-,12?/m0/s1. The average molecular weight is 252 g/mol. The molecule has 0 saturated heterocycles. The Balaban J connectivity index is 2.49. The Morgan fingerprint density at radius 3 is 2.67 bits per heavy atom. The van der Waals surface area contributed by atoms with Gasteiger partial charge in [0.1, 0.15) is 6.04 Å². The van der Waals surface area contributed by atoms with Crippen molar-refractivity contribution in [2.45, 2.75) is 18.5 Å². The minimum atomic E-state index is -0.708. The second kappa shape index (κ2) is 7.81. The molecule has 0 fully saturated rings. The zero-order chi connectivity index (χ0) is 13.4. The van der Waals surface area contributed by atoms with Gasteiger partial charge < -0.3 is 20.9 Å². The van der Waals surface area contributed by atoms with Crippen LogP contribution in [0.4, 0.5) is 0 Å². The zero-order valence-corrected chi connectivity index (χ0v) is 10.5. The lowest BCUT2D eigenvalue weighted by Crippen LogP contribution is -2.49. The van der Waals surface area contributed by atoms with Crippen molar-refractivity contribution in [2.24, 2.45) is 5.73 Å². The Morgan fingerprint density at radius 1 is 1.44 bits per heavy atom. The summed E-state index contributed by atoms with van der Waals surface area (Å²) in [7, 11) is 1.49. The molecule has 0 spiro atoms. The largest absolute Gasteiger partial charge is 0.394 e. The SMILES string of the molecule is COCC(N)C(=O)N[C@H](CO)Cc1ccccc1. The number of amides is 1. The van der Waals surface area contributed by atoms with Crippen LogP contribution < -0.4 is 11.1 Å². The molecule has 18 heavy (non-hydrogen) atoms. The minimum Gasteiger partial charge on any atom is -0.394 e. The molecule has 1 aromatic rings. The van der Waals surface area contributed by atoms with Gasteiger partial charge in [-0.1, -0.05) is 30.3 Å². The van der Waals surface area contributed by atoms with Gasteiger partial charge >= 0.3 is 0 Å². The van der Waals surface area contributed by atoms with Crippen molar-refractivity contribution in [1.82, 2.24) is 5.32 Å². The molecular weight excluding hydrogens is 232 g/mol. The molecule has 2 atom stereocenters. The maximum Gasteiger partial charge on any atom is 0.239 e. The van der Waals surface area contributed by atoms with Gasteiger partial charge in [0.15, 0.2) is 0 Å². The van der Waals surface area contributed by atoms with Crippen LogP contribution in [0, 0.1) is 0 Å². The van der Waals surface area contributed by atoms with E-state index >= 15 is 0 Å². The molecule has 1 aromatic carbocycles. The van der Waals surface area contributed by atoms with Gasteiger partial charge in [0.2, 0.25) is 5.91 Å². The summed E-state index contributed by atoms with van der Waals surface area (Å²) in [6, 6.07) is 8.62. The number of methoxy groups -OCH3 is 1. The summed E-state index contributed by atoms with van der Waals surface area (Å²) in [5.74, 6) is -0.313. The number of carbonyl (C=O) groups is 1. The van der Waals surface area contributed by atoms with Gasteiger partial charge in [-0.25, -0.2) is 0 Å². The van der Waals surface area contributed by atoms with Crippen molar-refractivity contribution in [3.8, 4) is 0 Å². The predicted molar refractivity (Wildman–Crippen MR) is 69.0 cm³/mol. The van der Waals surface area contributed by atoms with Crippen molar-refractivity contribution in [2.75, 3.05) is 20.3 Å². The molecule has 100 valence electrons. The lowest BCUT2D eigenvalue weighted by Gasteiger charge is -2.19. The molecule has 0 saturated carbocycles. The number of ether oxygens (including phenoxy) is 1. The van der Waals surface area contributed by atoms with E-state index in [9.17, 15) is 9.90 Å². The smallest absolute Gasteiger partial charge is 0.239 e. The van der Waals surface area contributed by atoms with Crippen LogP contribution >= 0.6 is 0 Å².